The molecular formula is C17H27NO4. The molecule has 1 unspecified atom stereocenters. The molecule has 1 atom stereocenters. The first-order chi connectivity index (χ1) is 10.3. The fourth-order valence-electron chi connectivity index (χ4n) is 1.86. The molecule has 0 saturated heterocycles. The average Bonchev–Trinajstić information content (AvgIpc) is 2.48. The van der Waals surface area contributed by atoms with Gasteiger partial charge in [-0.05, 0) is 38.8 Å². The van der Waals surface area contributed by atoms with Crippen molar-refractivity contribution in [2.45, 2.75) is 45.3 Å². The first-order valence-corrected chi connectivity index (χ1v) is 7.52. The smallest absolute Gasteiger partial charge is 0.305 e. The molecule has 1 rings (SSSR count). The molecule has 0 aromatic heterocycles. The van der Waals surface area contributed by atoms with Gasteiger partial charge in [0.05, 0.1) is 7.11 Å². The lowest BCUT2D eigenvalue weighted by atomic mass is 10.1. The summed E-state index contributed by atoms with van der Waals surface area (Å²) in [6.07, 6.45) is 0.275. The van der Waals surface area contributed by atoms with E-state index in [-0.39, 0.29) is 18.1 Å². The summed E-state index contributed by atoms with van der Waals surface area (Å²) in [5.74, 6) is 0.449. The van der Waals surface area contributed by atoms with Crippen LogP contribution in [-0.4, -0.2) is 43.0 Å². The maximum Gasteiger partial charge on any atom is 0.305 e. The van der Waals surface area contributed by atoms with Gasteiger partial charge in [-0.3, -0.25) is 4.79 Å². The van der Waals surface area contributed by atoms with Crippen molar-refractivity contribution in [3.05, 3.63) is 29.8 Å². The van der Waals surface area contributed by atoms with Gasteiger partial charge in [0.25, 0.3) is 0 Å². The van der Waals surface area contributed by atoms with Crippen molar-refractivity contribution in [2.75, 3.05) is 20.3 Å². The van der Waals surface area contributed by atoms with E-state index in [9.17, 15) is 9.90 Å². The van der Waals surface area contributed by atoms with Crippen LogP contribution >= 0.6 is 0 Å². The van der Waals surface area contributed by atoms with Crippen LogP contribution in [0.2, 0.25) is 0 Å². The van der Waals surface area contributed by atoms with Crippen molar-refractivity contribution in [3.63, 3.8) is 0 Å². The highest BCUT2D eigenvalue weighted by Crippen LogP contribution is 2.20. The molecule has 0 amide bonds. The van der Waals surface area contributed by atoms with E-state index in [1.165, 1.54) is 7.11 Å². The summed E-state index contributed by atoms with van der Waals surface area (Å²) in [4.78, 5) is 11.2. The Morgan fingerprint density at radius 3 is 2.64 bits per heavy atom. The Bertz CT molecular complexity index is 468. The van der Waals surface area contributed by atoms with Gasteiger partial charge in [-0.25, -0.2) is 0 Å². The number of β-amino-alcohol motifs (C(OH)–C–C–N with tert-alkyl or cyclic N) is 1. The lowest BCUT2D eigenvalue weighted by Crippen LogP contribution is -2.42. The number of carbonyl (C=O) groups is 1. The van der Waals surface area contributed by atoms with Crippen LogP contribution in [-0.2, 0) is 16.0 Å². The van der Waals surface area contributed by atoms with Gasteiger partial charge in [0.2, 0.25) is 0 Å². The van der Waals surface area contributed by atoms with Crippen LogP contribution in [0.25, 0.3) is 0 Å². The van der Waals surface area contributed by atoms with Gasteiger partial charge in [0.1, 0.15) is 18.5 Å². The van der Waals surface area contributed by atoms with Gasteiger partial charge in [-0.1, -0.05) is 18.2 Å². The molecule has 22 heavy (non-hydrogen) atoms. The lowest BCUT2D eigenvalue weighted by molar-refractivity contribution is -0.140. The van der Waals surface area contributed by atoms with Crippen molar-refractivity contribution < 1.29 is 19.4 Å². The highest BCUT2D eigenvalue weighted by molar-refractivity contribution is 5.69. The molecule has 5 nitrogen and oxygen atoms in total. The number of aliphatic hydroxyl groups excluding tert-OH is 1. The van der Waals surface area contributed by atoms with Gasteiger partial charge in [-0.15, -0.1) is 0 Å². The number of para-hydroxylation sites is 1. The summed E-state index contributed by atoms with van der Waals surface area (Å²) >= 11 is 0. The van der Waals surface area contributed by atoms with Gasteiger partial charge >= 0.3 is 5.97 Å². The van der Waals surface area contributed by atoms with E-state index in [1.54, 1.807) is 0 Å². The molecule has 0 fully saturated rings. The highest BCUT2D eigenvalue weighted by atomic mass is 16.5. The molecule has 2 N–H and O–H groups in total. The third-order valence-corrected chi connectivity index (χ3v) is 3.10. The Kier molecular flexibility index (Phi) is 7.35. The molecule has 0 saturated carbocycles. The molecule has 0 spiro atoms. The van der Waals surface area contributed by atoms with Crippen molar-refractivity contribution in [3.8, 4) is 5.75 Å². The van der Waals surface area contributed by atoms with Crippen molar-refractivity contribution in [1.29, 1.82) is 0 Å². The number of hydrogen-bond donors (Lipinski definition) is 2. The first kappa shape index (κ1) is 18.5. The summed E-state index contributed by atoms with van der Waals surface area (Å²) < 4.78 is 10.3. The van der Waals surface area contributed by atoms with Crippen LogP contribution in [0.4, 0.5) is 0 Å². The number of rotatable bonds is 8. The normalized spacial score (nSPS) is 12.8. The van der Waals surface area contributed by atoms with E-state index in [0.29, 0.717) is 25.1 Å². The Hall–Kier alpha value is -1.59. The largest absolute Gasteiger partial charge is 0.491 e. The number of nitrogens with one attached hydrogen (secondary N) is 1. The monoisotopic (exact) mass is 309 g/mol. The summed E-state index contributed by atoms with van der Waals surface area (Å²) in [6.45, 7) is 6.81. The quantitative estimate of drug-likeness (QED) is 0.718. The zero-order chi connectivity index (χ0) is 16.6. The summed E-state index contributed by atoms with van der Waals surface area (Å²) in [7, 11) is 1.38. The van der Waals surface area contributed by atoms with Crippen molar-refractivity contribution in [1.82, 2.24) is 5.32 Å². The number of carbonyl (C=O) groups excluding carboxylic acids is 1. The van der Waals surface area contributed by atoms with Gasteiger partial charge in [0, 0.05) is 18.5 Å². The molecular weight excluding hydrogens is 282 g/mol. The molecule has 1 aromatic rings. The van der Waals surface area contributed by atoms with E-state index in [0.717, 1.165) is 5.56 Å². The second kappa shape index (κ2) is 8.76. The third-order valence-electron chi connectivity index (χ3n) is 3.10. The summed E-state index contributed by atoms with van der Waals surface area (Å²) in [5, 5.41) is 13.2. The molecule has 0 aliphatic rings. The van der Waals surface area contributed by atoms with Gasteiger partial charge < -0.3 is 19.9 Å². The standard InChI is InChI=1S/C17H27NO4/c1-17(2,3)18-11-14(19)12-22-15-8-6-5-7-13(15)9-10-16(20)21-4/h5-8,14,18-19H,9-12H2,1-4H3. The van der Waals surface area contributed by atoms with Crippen LogP contribution in [0.5, 0.6) is 5.75 Å². The Morgan fingerprint density at radius 1 is 1.32 bits per heavy atom. The van der Waals surface area contributed by atoms with E-state index < -0.39 is 6.10 Å². The number of hydrogen-bond acceptors (Lipinski definition) is 5. The second-order valence-electron chi connectivity index (χ2n) is 6.28. The van der Waals surface area contributed by atoms with Crippen LogP contribution in [0.15, 0.2) is 24.3 Å². The number of esters is 1. The fraction of sp³-hybridized carbons (Fsp3) is 0.588. The summed E-state index contributed by atoms with van der Waals surface area (Å²) in [5.41, 5.74) is 0.892. The maximum absolute atomic E-state index is 11.2. The second-order valence-corrected chi connectivity index (χ2v) is 6.28. The summed E-state index contributed by atoms with van der Waals surface area (Å²) in [6, 6.07) is 7.53. The predicted molar refractivity (Wildman–Crippen MR) is 86.0 cm³/mol. The maximum atomic E-state index is 11.2. The molecule has 124 valence electrons. The molecule has 0 radical (unpaired) electrons. The molecule has 1 aromatic carbocycles. The van der Waals surface area contributed by atoms with Crippen LogP contribution < -0.4 is 10.1 Å². The number of benzene rings is 1. The SMILES string of the molecule is COC(=O)CCc1ccccc1OCC(O)CNC(C)(C)C. The first-order valence-electron chi connectivity index (χ1n) is 7.52. The van der Waals surface area contributed by atoms with E-state index >= 15 is 0 Å². The average molecular weight is 309 g/mol. The fourth-order valence-corrected chi connectivity index (χ4v) is 1.86. The van der Waals surface area contributed by atoms with E-state index in [4.69, 9.17) is 4.74 Å². The van der Waals surface area contributed by atoms with Crippen molar-refractivity contribution in [2.24, 2.45) is 0 Å². The minimum absolute atomic E-state index is 0.0423. The minimum atomic E-state index is -0.590. The number of aryl methyl sites for hydroxylation is 1. The molecule has 5 heteroatoms. The highest BCUT2D eigenvalue weighted by Gasteiger charge is 2.13. The topological polar surface area (TPSA) is 67.8 Å². The zero-order valence-electron chi connectivity index (χ0n) is 13.9. The zero-order valence-corrected chi connectivity index (χ0v) is 13.9. The Morgan fingerprint density at radius 2 is 2.00 bits per heavy atom. The molecule has 0 heterocycles. The lowest BCUT2D eigenvalue weighted by Gasteiger charge is -2.23. The third kappa shape index (κ3) is 7.43. The molecule has 0 aliphatic carbocycles. The van der Waals surface area contributed by atoms with Crippen LogP contribution in [0.3, 0.4) is 0 Å². The predicted octanol–water partition coefficient (Wildman–Crippen LogP) is 1.92. The van der Waals surface area contributed by atoms with E-state index in [1.807, 2.05) is 45.0 Å². The Balaban J connectivity index is 2.49. The van der Waals surface area contributed by atoms with Gasteiger partial charge in [0.15, 0.2) is 0 Å². The van der Waals surface area contributed by atoms with Crippen LogP contribution in [0.1, 0.15) is 32.8 Å². The van der Waals surface area contributed by atoms with E-state index in [2.05, 4.69) is 10.1 Å². The molecule has 0 bridgehead atoms. The number of aliphatic hydroxyl groups is 1. The minimum Gasteiger partial charge on any atom is -0.491 e. The van der Waals surface area contributed by atoms with Gasteiger partial charge in [-0.2, -0.15) is 0 Å². The number of methoxy groups -OCH3 is 1. The van der Waals surface area contributed by atoms with Crippen LogP contribution in [0, 0.1) is 0 Å². The number of ether oxygens (including phenoxy) is 2. The molecule has 0 aliphatic heterocycles. The van der Waals surface area contributed by atoms with Crippen molar-refractivity contribution >= 4 is 5.97 Å². The Labute approximate surface area is 132 Å².